The lowest BCUT2D eigenvalue weighted by atomic mass is 10.2. The van der Waals surface area contributed by atoms with Crippen molar-refractivity contribution < 1.29 is 18.3 Å². The van der Waals surface area contributed by atoms with Gasteiger partial charge in [0.1, 0.15) is 18.1 Å². The molecule has 0 saturated carbocycles. The number of hydrogen-bond acceptors (Lipinski definition) is 3. The Kier molecular flexibility index (Phi) is 4.85. The Labute approximate surface area is 121 Å². The molecule has 0 aromatic rings. The number of fused-ring (bicyclic) bond motifs is 1. The number of methoxy groups -OCH3 is 1. The first-order valence-electron chi connectivity index (χ1n) is 6.53. The summed E-state index contributed by atoms with van der Waals surface area (Å²) in [5.74, 6) is 0.154. The van der Waals surface area contributed by atoms with Gasteiger partial charge < -0.3 is 14.6 Å². The van der Waals surface area contributed by atoms with Crippen LogP contribution in [0.3, 0.4) is 0 Å². The Balaban J connectivity index is 2.13. The van der Waals surface area contributed by atoms with E-state index >= 15 is 0 Å². The van der Waals surface area contributed by atoms with E-state index in [-0.39, 0.29) is 24.2 Å². The number of halogens is 2. The summed E-state index contributed by atoms with van der Waals surface area (Å²) in [7, 11) is 1.55. The van der Waals surface area contributed by atoms with Crippen LogP contribution in [-0.2, 0) is 16.1 Å². The SMILES string of the molecule is COC[C@H](C)NC(=O)Cn1cccc2cc(C(F)F)nc1-2. The number of hydrogen-bond donors (Lipinski definition) is 1. The highest BCUT2D eigenvalue weighted by molar-refractivity contribution is 5.77. The molecule has 0 aliphatic carbocycles. The van der Waals surface area contributed by atoms with Gasteiger partial charge in [0.2, 0.25) is 5.91 Å². The van der Waals surface area contributed by atoms with Gasteiger partial charge in [-0.2, -0.15) is 0 Å². The fourth-order valence-electron chi connectivity index (χ4n) is 2.12. The summed E-state index contributed by atoms with van der Waals surface area (Å²) in [6.45, 7) is 2.25. The molecule has 0 aromatic carbocycles. The lowest BCUT2D eigenvalue weighted by Gasteiger charge is -2.15. The highest BCUT2D eigenvalue weighted by atomic mass is 19.3. The minimum absolute atomic E-state index is 0.0189. The molecule has 1 amide bonds. The summed E-state index contributed by atoms with van der Waals surface area (Å²) in [5, 5.41) is 2.76. The monoisotopic (exact) mass is 297 g/mol. The summed E-state index contributed by atoms with van der Waals surface area (Å²) in [6, 6.07) is 4.61. The molecule has 2 rings (SSSR count). The van der Waals surface area contributed by atoms with E-state index in [9.17, 15) is 13.6 Å². The fourth-order valence-corrected chi connectivity index (χ4v) is 2.12. The van der Waals surface area contributed by atoms with E-state index < -0.39 is 6.43 Å². The predicted octanol–water partition coefficient (Wildman–Crippen LogP) is 2.08. The Morgan fingerprint density at radius 2 is 2.29 bits per heavy atom. The molecule has 2 aliphatic rings. The van der Waals surface area contributed by atoms with Crippen molar-refractivity contribution in [2.45, 2.75) is 25.9 Å². The maximum Gasteiger partial charge on any atom is 0.280 e. The van der Waals surface area contributed by atoms with Crippen molar-refractivity contribution in [3.05, 3.63) is 30.1 Å². The molecule has 1 N–H and O–H groups in total. The summed E-state index contributed by atoms with van der Waals surface area (Å²) >= 11 is 0. The molecule has 0 radical (unpaired) electrons. The van der Waals surface area contributed by atoms with Crippen molar-refractivity contribution in [3.8, 4) is 11.4 Å². The number of carbonyl (C=O) groups is 1. The number of nitrogens with zero attached hydrogens (tertiary/aromatic N) is 2. The largest absolute Gasteiger partial charge is 0.383 e. The maximum atomic E-state index is 12.7. The normalized spacial score (nSPS) is 12.8. The molecular weight excluding hydrogens is 280 g/mol. The van der Waals surface area contributed by atoms with Crippen molar-refractivity contribution in [3.63, 3.8) is 0 Å². The molecule has 0 spiro atoms. The van der Waals surface area contributed by atoms with Crippen molar-refractivity contribution in [2.75, 3.05) is 13.7 Å². The second-order valence-electron chi connectivity index (χ2n) is 4.82. The van der Waals surface area contributed by atoms with Gasteiger partial charge in [-0.05, 0) is 25.1 Å². The molecule has 0 fully saturated rings. The molecule has 5 nitrogen and oxygen atoms in total. The molecule has 0 saturated heterocycles. The molecule has 0 bridgehead atoms. The first-order valence-corrected chi connectivity index (χ1v) is 6.53. The molecular formula is C14H17F2N3O2. The number of carbonyl (C=O) groups excluding carboxylic acids is 1. The number of nitrogens with one attached hydrogen (secondary N) is 1. The first-order chi connectivity index (χ1) is 10.0. The Hall–Kier alpha value is -2.02. The number of aromatic nitrogens is 2. The average Bonchev–Trinajstić information content (AvgIpc) is 2.84. The quantitative estimate of drug-likeness (QED) is 0.888. The van der Waals surface area contributed by atoms with Crippen LogP contribution in [0.1, 0.15) is 19.0 Å². The van der Waals surface area contributed by atoms with Gasteiger partial charge in [-0.3, -0.25) is 4.79 Å². The van der Waals surface area contributed by atoms with Gasteiger partial charge in [-0.1, -0.05) is 0 Å². The minimum atomic E-state index is -2.62. The van der Waals surface area contributed by atoms with Crippen molar-refractivity contribution >= 4 is 5.91 Å². The smallest absolute Gasteiger partial charge is 0.280 e. The van der Waals surface area contributed by atoms with E-state index in [4.69, 9.17) is 4.74 Å². The standard InChI is InChI=1S/C14H17F2N3O2/c1-9(8-21-2)17-12(20)7-19-5-3-4-10-6-11(13(15)16)18-14(10)19/h3-6,9,13H,7-8H2,1-2H3,(H,17,20)/t9-/m0/s1. The van der Waals surface area contributed by atoms with E-state index in [0.29, 0.717) is 18.0 Å². The zero-order chi connectivity index (χ0) is 15.4. The molecule has 114 valence electrons. The number of alkyl halides is 2. The third kappa shape index (κ3) is 3.75. The van der Waals surface area contributed by atoms with E-state index in [2.05, 4.69) is 10.3 Å². The number of ether oxygens (including phenoxy) is 1. The number of pyridine rings is 1. The van der Waals surface area contributed by atoms with E-state index in [1.165, 1.54) is 6.07 Å². The van der Waals surface area contributed by atoms with Gasteiger partial charge >= 0.3 is 0 Å². The lowest BCUT2D eigenvalue weighted by Crippen LogP contribution is -2.37. The number of amides is 1. The van der Waals surface area contributed by atoms with Crippen LogP contribution in [0, 0.1) is 0 Å². The Morgan fingerprint density at radius 1 is 1.52 bits per heavy atom. The van der Waals surface area contributed by atoms with Gasteiger partial charge in [0.05, 0.1) is 6.61 Å². The zero-order valence-electron chi connectivity index (χ0n) is 11.8. The van der Waals surface area contributed by atoms with E-state index in [0.717, 1.165) is 0 Å². The van der Waals surface area contributed by atoms with Crippen LogP contribution >= 0.6 is 0 Å². The second kappa shape index (κ2) is 6.62. The average molecular weight is 297 g/mol. The van der Waals surface area contributed by atoms with Crippen LogP contribution in [0.15, 0.2) is 24.4 Å². The summed E-state index contributed by atoms with van der Waals surface area (Å²) < 4.78 is 31.9. The maximum absolute atomic E-state index is 12.7. The molecule has 7 heteroatoms. The van der Waals surface area contributed by atoms with Crippen LogP contribution in [0.2, 0.25) is 0 Å². The molecule has 0 aromatic heterocycles. The predicted molar refractivity (Wildman–Crippen MR) is 73.3 cm³/mol. The molecule has 2 heterocycles. The lowest BCUT2D eigenvalue weighted by molar-refractivity contribution is -0.122. The van der Waals surface area contributed by atoms with E-state index in [1.807, 2.05) is 6.92 Å². The third-order valence-corrected chi connectivity index (χ3v) is 2.97. The molecule has 1 atom stereocenters. The molecule has 0 unspecified atom stereocenters. The molecule has 2 aliphatic heterocycles. The van der Waals surface area contributed by atoms with Crippen LogP contribution in [0.25, 0.3) is 11.4 Å². The Bertz CT molecular complexity index is 586. The van der Waals surface area contributed by atoms with Crippen molar-refractivity contribution in [2.24, 2.45) is 0 Å². The highest BCUT2D eigenvalue weighted by Crippen LogP contribution is 2.27. The summed E-state index contributed by atoms with van der Waals surface area (Å²) in [4.78, 5) is 15.8. The topological polar surface area (TPSA) is 56.1 Å². The minimum Gasteiger partial charge on any atom is -0.383 e. The van der Waals surface area contributed by atoms with Gasteiger partial charge in [0.25, 0.3) is 6.43 Å². The van der Waals surface area contributed by atoms with Crippen LogP contribution < -0.4 is 5.32 Å². The van der Waals surface area contributed by atoms with Crippen LogP contribution in [0.5, 0.6) is 0 Å². The first kappa shape index (κ1) is 15.4. The summed E-state index contributed by atoms with van der Waals surface area (Å²) in [5.41, 5.74) is 0.309. The number of rotatable bonds is 6. The summed E-state index contributed by atoms with van der Waals surface area (Å²) in [6.07, 6.45) is -0.980. The van der Waals surface area contributed by atoms with Crippen LogP contribution in [0.4, 0.5) is 8.78 Å². The third-order valence-electron chi connectivity index (χ3n) is 2.97. The second-order valence-corrected chi connectivity index (χ2v) is 4.82. The highest BCUT2D eigenvalue weighted by Gasteiger charge is 2.19. The van der Waals surface area contributed by atoms with E-state index in [1.54, 1.807) is 30.0 Å². The van der Waals surface area contributed by atoms with Crippen molar-refractivity contribution in [1.29, 1.82) is 0 Å². The van der Waals surface area contributed by atoms with Crippen molar-refractivity contribution in [1.82, 2.24) is 14.9 Å². The fraction of sp³-hybridized carbons (Fsp3) is 0.429. The molecule has 21 heavy (non-hydrogen) atoms. The van der Waals surface area contributed by atoms with Crippen LogP contribution in [-0.4, -0.2) is 35.2 Å². The van der Waals surface area contributed by atoms with Gasteiger partial charge in [-0.15, -0.1) is 0 Å². The van der Waals surface area contributed by atoms with Gasteiger partial charge in [0, 0.05) is 24.9 Å². The Morgan fingerprint density at radius 3 is 2.95 bits per heavy atom. The van der Waals surface area contributed by atoms with Gasteiger partial charge in [0.15, 0.2) is 0 Å². The zero-order valence-corrected chi connectivity index (χ0v) is 11.8. The van der Waals surface area contributed by atoms with Gasteiger partial charge in [-0.25, -0.2) is 13.8 Å².